The summed E-state index contributed by atoms with van der Waals surface area (Å²) in [5, 5.41) is 2.73. The van der Waals surface area contributed by atoms with Gasteiger partial charge in [0.15, 0.2) is 0 Å². The Morgan fingerprint density at radius 1 is 1.04 bits per heavy atom. The molecule has 0 fully saturated rings. The maximum Gasteiger partial charge on any atom is 0.262 e. The molecule has 1 aliphatic heterocycles. The number of benzene rings is 2. The molecule has 1 N–H and O–H groups in total. The van der Waals surface area contributed by atoms with Gasteiger partial charge in [-0.15, -0.1) is 0 Å². The minimum atomic E-state index is -0.943. The fourth-order valence-electron chi connectivity index (χ4n) is 2.77. The summed E-state index contributed by atoms with van der Waals surface area (Å²) < 4.78 is 5.47. The number of hydrogen-bond acceptors (Lipinski definition) is 4. The standard InChI is InChI=1S/C19H18N2O4/c1-3-25-16-11-7-6-10-15(16)20-17(22)12(2)21-18(23)13-8-4-5-9-14(13)19(21)24/h4-12H,3H2,1-2H3,(H,20,22). The second kappa shape index (κ2) is 6.76. The van der Waals surface area contributed by atoms with Crippen molar-refractivity contribution in [2.24, 2.45) is 0 Å². The van der Waals surface area contributed by atoms with Gasteiger partial charge in [-0.1, -0.05) is 24.3 Å². The third kappa shape index (κ3) is 2.98. The average molecular weight is 338 g/mol. The molecule has 0 bridgehead atoms. The van der Waals surface area contributed by atoms with Gasteiger partial charge in [0, 0.05) is 0 Å². The van der Waals surface area contributed by atoms with Crippen LogP contribution in [0.2, 0.25) is 0 Å². The smallest absolute Gasteiger partial charge is 0.262 e. The van der Waals surface area contributed by atoms with Crippen LogP contribution in [0.15, 0.2) is 48.5 Å². The number of nitrogens with zero attached hydrogens (tertiary/aromatic N) is 1. The summed E-state index contributed by atoms with van der Waals surface area (Å²) in [7, 11) is 0. The number of anilines is 1. The topological polar surface area (TPSA) is 75.7 Å². The normalized spacial score (nSPS) is 14.2. The summed E-state index contributed by atoms with van der Waals surface area (Å²) in [5.74, 6) is -0.836. The first-order valence-electron chi connectivity index (χ1n) is 8.04. The lowest BCUT2D eigenvalue weighted by molar-refractivity contribution is -0.119. The summed E-state index contributed by atoms with van der Waals surface area (Å²) in [6.45, 7) is 3.83. The fourth-order valence-corrected chi connectivity index (χ4v) is 2.77. The van der Waals surface area contributed by atoms with Crippen LogP contribution in [0.3, 0.4) is 0 Å². The molecule has 0 saturated heterocycles. The fraction of sp³-hybridized carbons (Fsp3) is 0.211. The Labute approximate surface area is 145 Å². The quantitative estimate of drug-likeness (QED) is 0.851. The van der Waals surface area contributed by atoms with E-state index in [1.54, 1.807) is 48.5 Å². The van der Waals surface area contributed by atoms with Crippen LogP contribution in [0.25, 0.3) is 0 Å². The van der Waals surface area contributed by atoms with Gasteiger partial charge in [0.25, 0.3) is 11.8 Å². The first-order valence-corrected chi connectivity index (χ1v) is 8.04. The SMILES string of the molecule is CCOc1ccccc1NC(=O)C(C)N1C(=O)c2ccccc2C1=O. The number of carbonyl (C=O) groups excluding carboxylic acids is 3. The molecule has 0 aliphatic carbocycles. The van der Waals surface area contributed by atoms with E-state index in [1.165, 1.54) is 6.92 Å². The Morgan fingerprint density at radius 2 is 1.60 bits per heavy atom. The second-order valence-electron chi connectivity index (χ2n) is 5.62. The third-order valence-corrected chi connectivity index (χ3v) is 4.04. The highest BCUT2D eigenvalue weighted by Gasteiger charge is 2.40. The van der Waals surface area contributed by atoms with E-state index >= 15 is 0 Å². The molecule has 2 aromatic carbocycles. The molecule has 25 heavy (non-hydrogen) atoms. The van der Waals surface area contributed by atoms with Crippen LogP contribution in [0.4, 0.5) is 5.69 Å². The van der Waals surface area contributed by atoms with Crippen LogP contribution >= 0.6 is 0 Å². The predicted molar refractivity (Wildman–Crippen MR) is 92.6 cm³/mol. The first kappa shape index (κ1) is 16.7. The molecule has 6 heteroatoms. The maximum absolute atomic E-state index is 12.6. The van der Waals surface area contributed by atoms with E-state index in [9.17, 15) is 14.4 Å². The molecule has 3 rings (SSSR count). The number of ether oxygens (including phenoxy) is 1. The van der Waals surface area contributed by atoms with Crippen molar-refractivity contribution in [1.82, 2.24) is 4.90 Å². The maximum atomic E-state index is 12.6. The second-order valence-corrected chi connectivity index (χ2v) is 5.62. The van der Waals surface area contributed by atoms with Crippen LogP contribution in [0.1, 0.15) is 34.6 Å². The zero-order valence-corrected chi connectivity index (χ0v) is 14.0. The number of rotatable bonds is 5. The molecule has 128 valence electrons. The van der Waals surface area contributed by atoms with Crippen LogP contribution < -0.4 is 10.1 Å². The summed E-state index contributed by atoms with van der Waals surface area (Å²) in [6.07, 6.45) is 0. The van der Waals surface area contributed by atoms with Crippen LogP contribution in [-0.4, -0.2) is 35.3 Å². The number of amides is 3. The van der Waals surface area contributed by atoms with Crippen molar-refractivity contribution in [3.05, 3.63) is 59.7 Å². The number of nitrogens with one attached hydrogen (secondary N) is 1. The summed E-state index contributed by atoms with van der Waals surface area (Å²) >= 11 is 0. The lowest BCUT2D eigenvalue weighted by atomic mass is 10.1. The van der Waals surface area contributed by atoms with E-state index in [0.717, 1.165) is 4.90 Å². The number of carbonyl (C=O) groups is 3. The molecule has 1 aliphatic rings. The first-order chi connectivity index (χ1) is 12.0. The Balaban J connectivity index is 1.80. The number of fused-ring (bicyclic) bond motifs is 1. The van der Waals surface area contributed by atoms with E-state index in [1.807, 2.05) is 6.92 Å². The van der Waals surface area contributed by atoms with Crippen molar-refractivity contribution in [1.29, 1.82) is 0 Å². The van der Waals surface area contributed by atoms with Gasteiger partial charge in [-0.05, 0) is 38.1 Å². The molecule has 1 heterocycles. The van der Waals surface area contributed by atoms with Gasteiger partial charge in [-0.2, -0.15) is 0 Å². The molecule has 2 aromatic rings. The molecule has 0 saturated carbocycles. The van der Waals surface area contributed by atoms with Gasteiger partial charge < -0.3 is 10.1 Å². The van der Waals surface area contributed by atoms with E-state index in [-0.39, 0.29) is 0 Å². The zero-order valence-electron chi connectivity index (χ0n) is 14.0. The van der Waals surface area contributed by atoms with E-state index in [0.29, 0.717) is 29.2 Å². The van der Waals surface area contributed by atoms with Crippen molar-refractivity contribution in [3.8, 4) is 5.75 Å². The Morgan fingerprint density at radius 3 is 2.20 bits per heavy atom. The van der Waals surface area contributed by atoms with Crippen molar-refractivity contribution in [3.63, 3.8) is 0 Å². The molecular weight excluding hydrogens is 320 g/mol. The van der Waals surface area contributed by atoms with Crippen LogP contribution in [-0.2, 0) is 4.79 Å². The summed E-state index contributed by atoms with van der Waals surface area (Å²) in [4.78, 5) is 38.5. The van der Waals surface area contributed by atoms with Gasteiger partial charge in [0.05, 0.1) is 23.4 Å². The Bertz CT molecular complexity index is 812. The highest BCUT2D eigenvalue weighted by molar-refractivity contribution is 6.23. The van der Waals surface area contributed by atoms with Gasteiger partial charge in [0.1, 0.15) is 11.8 Å². The molecule has 0 aromatic heterocycles. The van der Waals surface area contributed by atoms with E-state index < -0.39 is 23.8 Å². The third-order valence-electron chi connectivity index (χ3n) is 4.04. The molecule has 0 spiro atoms. The number of para-hydroxylation sites is 2. The predicted octanol–water partition coefficient (Wildman–Crippen LogP) is 2.71. The Kier molecular flexibility index (Phi) is 4.52. The van der Waals surface area contributed by atoms with Crippen LogP contribution in [0.5, 0.6) is 5.75 Å². The monoisotopic (exact) mass is 338 g/mol. The van der Waals surface area contributed by atoms with E-state index in [2.05, 4.69) is 5.32 Å². The van der Waals surface area contributed by atoms with Crippen molar-refractivity contribution < 1.29 is 19.1 Å². The zero-order chi connectivity index (χ0) is 18.0. The molecule has 1 unspecified atom stereocenters. The lowest BCUT2D eigenvalue weighted by Gasteiger charge is -2.22. The van der Waals surface area contributed by atoms with Gasteiger partial charge in [0.2, 0.25) is 5.91 Å². The molecule has 3 amide bonds. The highest BCUT2D eigenvalue weighted by atomic mass is 16.5. The van der Waals surface area contributed by atoms with Crippen molar-refractivity contribution in [2.45, 2.75) is 19.9 Å². The lowest BCUT2D eigenvalue weighted by Crippen LogP contribution is -2.45. The number of hydrogen-bond donors (Lipinski definition) is 1. The molecule has 6 nitrogen and oxygen atoms in total. The van der Waals surface area contributed by atoms with Gasteiger partial charge in [-0.3, -0.25) is 19.3 Å². The minimum absolute atomic E-state index is 0.321. The molecule has 1 atom stereocenters. The highest BCUT2D eigenvalue weighted by Crippen LogP contribution is 2.27. The largest absolute Gasteiger partial charge is 0.492 e. The molecule has 0 radical (unpaired) electrons. The Hall–Kier alpha value is -3.15. The number of imide groups is 1. The summed E-state index contributed by atoms with van der Waals surface area (Å²) in [5.41, 5.74) is 1.14. The molecular formula is C19H18N2O4. The van der Waals surface area contributed by atoms with E-state index in [4.69, 9.17) is 4.74 Å². The van der Waals surface area contributed by atoms with Crippen molar-refractivity contribution >= 4 is 23.4 Å². The van der Waals surface area contributed by atoms with Crippen LogP contribution in [0, 0.1) is 0 Å². The minimum Gasteiger partial charge on any atom is -0.492 e. The average Bonchev–Trinajstić information content (AvgIpc) is 2.87. The van der Waals surface area contributed by atoms with Crippen molar-refractivity contribution in [2.75, 3.05) is 11.9 Å². The van der Waals surface area contributed by atoms with Gasteiger partial charge in [-0.25, -0.2) is 0 Å². The summed E-state index contributed by atoms with van der Waals surface area (Å²) in [6, 6.07) is 12.6. The van der Waals surface area contributed by atoms with Gasteiger partial charge >= 0.3 is 0 Å².